The van der Waals surface area contributed by atoms with E-state index in [2.05, 4.69) is 11.4 Å². The van der Waals surface area contributed by atoms with E-state index in [-0.39, 0.29) is 41.0 Å². The number of benzene rings is 1. The molecule has 2 atom stereocenters. The first-order chi connectivity index (χ1) is 17.4. The summed E-state index contributed by atoms with van der Waals surface area (Å²) < 4.78 is 1.74. The number of aromatic nitrogens is 1. The molecule has 1 saturated heterocycles. The number of pyridine rings is 1. The number of Topliss-reactive ketones (excluding diaryl/α,β-unsaturated/α-hetero) is 1. The number of carbonyl (C=O) groups is 2. The molecule has 1 N–H and O–H groups in total. The lowest BCUT2D eigenvalue weighted by Crippen LogP contribution is -2.43. The molecule has 1 amide bonds. The number of carbonyl (C=O) groups excluding carboxylic acids is 2. The van der Waals surface area contributed by atoms with Crippen molar-refractivity contribution >= 4 is 22.5 Å². The van der Waals surface area contributed by atoms with Gasteiger partial charge >= 0.3 is 0 Å². The average Bonchev–Trinajstić information content (AvgIpc) is 3.74. The molecule has 0 bridgehead atoms. The molecule has 2 saturated carbocycles. The molecule has 0 spiro atoms. The third kappa shape index (κ3) is 5.29. The fourth-order valence-electron chi connectivity index (χ4n) is 6.37. The quantitative estimate of drug-likeness (QED) is 0.576. The summed E-state index contributed by atoms with van der Waals surface area (Å²) in [6.07, 6.45) is 11.7. The topological polar surface area (TPSA) is 71.4 Å². The number of fused-ring (bicyclic) bond motifs is 1. The van der Waals surface area contributed by atoms with Crippen molar-refractivity contribution in [1.29, 1.82) is 0 Å². The standard InChI is InChI=1S/C30H41N3O3/c1-20(2)29(35)28(21-8-4-3-5-9-21)33-17-15-25-24(11-6-12-26(25)30(33)36)22-10-7-16-32(19-22)27(34)18-31-23-13-14-23/h6,11-12,15,17,20-23,28,31H,3-5,7-10,13-14,16,18-19H2,1-2H3. The highest BCUT2D eigenvalue weighted by Crippen LogP contribution is 2.36. The van der Waals surface area contributed by atoms with E-state index in [1.54, 1.807) is 4.57 Å². The van der Waals surface area contributed by atoms with Crippen molar-refractivity contribution in [2.75, 3.05) is 19.6 Å². The molecule has 2 unspecified atom stereocenters. The van der Waals surface area contributed by atoms with Crippen LogP contribution in [0.3, 0.4) is 0 Å². The minimum Gasteiger partial charge on any atom is -0.341 e. The predicted octanol–water partition coefficient (Wildman–Crippen LogP) is 4.81. The molecule has 2 aromatic rings. The number of hydrogen-bond acceptors (Lipinski definition) is 4. The van der Waals surface area contributed by atoms with E-state index >= 15 is 0 Å². The van der Waals surface area contributed by atoms with Crippen molar-refractivity contribution in [1.82, 2.24) is 14.8 Å². The molecule has 2 heterocycles. The molecule has 1 aromatic carbocycles. The second kappa shape index (κ2) is 10.9. The van der Waals surface area contributed by atoms with Crippen LogP contribution in [-0.4, -0.2) is 46.8 Å². The summed E-state index contributed by atoms with van der Waals surface area (Å²) in [5.41, 5.74) is 1.09. The maximum Gasteiger partial charge on any atom is 0.259 e. The lowest BCUT2D eigenvalue weighted by atomic mass is 9.80. The number of nitrogens with one attached hydrogen (secondary N) is 1. The van der Waals surface area contributed by atoms with Crippen molar-refractivity contribution in [2.24, 2.45) is 11.8 Å². The van der Waals surface area contributed by atoms with E-state index in [0.717, 1.165) is 56.0 Å². The molecule has 3 aliphatic rings. The van der Waals surface area contributed by atoms with Gasteiger partial charge in [0.15, 0.2) is 5.78 Å². The molecule has 36 heavy (non-hydrogen) atoms. The summed E-state index contributed by atoms with van der Waals surface area (Å²) in [7, 11) is 0. The molecule has 6 nitrogen and oxygen atoms in total. The monoisotopic (exact) mass is 491 g/mol. The second-order valence-corrected chi connectivity index (χ2v) is 11.6. The Morgan fingerprint density at radius 1 is 0.972 bits per heavy atom. The lowest BCUT2D eigenvalue weighted by Gasteiger charge is -2.34. The molecule has 3 fully saturated rings. The van der Waals surface area contributed by atoms with Crippen LogP contribution in [-0.2, 0) is 9.59 Å². The Balaban J connectivity index is 1.44. The van der Waals surface area contributed by atoms with Gasteiger partial charge < -0.3 is 14.8 Å². The van der Waals surface area contributed by atoms with Gasteiger partial charge in [-0.25, -0.2) is 0 Å². The van der Waals surface area contributed by atoms with Crippen LogP contribution in [0.4, 0.5) is 0 Å². The van der Waals surface area contributed by atoms with E-state index in [1.807, 2.05) is 43.1 Å². The van der Waals surface area contributed by atoms with Gasteiger partial charge in [-0.2, -0.15) is 0 Å². The average molecular weight is 492 g/mol. The highest BCUT2D eigenvalue weighted by atomic mass is 16.2. The van der Waals surface area contributed by atoms with Gasteiger partial charge in [0.25, 0.3) is 5.56 Å². The number of amides is 1. The molecular weight excluding hydrogens is 450 g/mol. The van der Waals surface area contributed by atoms with Crippen molar-refractivity contribution in [3.8, 4) is 0 Å². The molecular formula is C30H41N3O3. The lowest BCUT2D eigenvalue weighted by molar-refractivity contribution is -0.131. The molecule has 0 radical (unpaired) electrons. The summed E-state index contributed by atoms with van der Waals surface area (Å²) in [6.45, 7) is 5.81. The van der Waals surface area contributed by atoms with Crippen LogP contribution in [0.5, 0.6) is 0 Å². The largest absolute Gasteiger partial charge is 0.341 e. The second-order valence-electron chi connectivity index (χ2n) is 11.6. The van der Waals surface area contributed by atoms with Crippen molar-refractivity contribution in [3.63, 3.8) is 0 Å². The minimum atomic E-state index is -0.382. The van der Waals surface area contributed by atoms with E-state index in [1.165, 1.54) is 19.3 Å². The van der Waals surface area contributed by atoms with Crippen molar-refractivity contribution in [2.45, 2.75) is 89.6 Å². The van der Waals surface area contributed by atoms with Crippen LogP contribution in [0, 0.1) is 11.8 Å². The maximum absolute atomic E-state index is 13.8. The highest BCUT2D eigenvalue weighted by Gasteiger charge is 2.33. The molecule has 6 heteroatoms. The predicted molar refractivity (Wildman–Crippen MR) is 143 cm³/mol. The zero-order valence-corrected chi connectivity index (χ0v) is 21.9. The van der Waals surface area contributed by atoms with Crippen LogP contribution >= 0.6 is 0 Å². The Morgan fingerprint density at radius 2 is 1.75 bits per heavy atom. The zero-order chi connectivity index (χ0) is 25.2. The van der Waals surface area contributed by atoms with E-state index < -0.39 is 0 Å². The first kappa shape index (κ1) is 25.2. The van der Waals surface area contributed by atoms with Gasteiger partial charge in [0.05, 0.1) is 12.6 Å². The smallest absolute Gasteiger partial charge is 0.259 e. The van der Waals surface area contributed by atoms with Crippen molar-refractivity contribution in [3.05, 3.63) is 46.4 Å². The van der Waals surface area contributed by atoms with Gasteiger partial charge in [0.2, 0.25) is 5.91 Å². The first-order valence-electron chi connectivity index (χ1n) is 14.1. The third-order valence-electron chi connectivity index (χ3n) is 8.60. The van der Waals surface area contributed by atoms with E-state index in [4.69, 9.17) is 0 Å². The van der Waals surface area contributed by atoms with Gasteiger partial charge in [0, 0.05) is 42.6 Å². The normalized spacial score (nSPS) is 22.2. The minimum absolute atomic E-state index is 0.0590. The Hall–Kier alpha value is -2.47. The summed E-state index contributed by atoms with van der Waals surface area (Å²) in [6, 6.07) is 8.18. The van der Waals surface area contributed by atoms with Crippen LogP contribution in [0.1, 0.15) is 89.2 Å². The molecule has 194 valence electrons. The fourth-order valence-corrected chi connectivity index (χ4v) is 6.37. The summed E-state index contributed by atoms with van der Waals surface area (Å²) in [5.74, 6) is 0.687. The van der Waals surface area contributed by atoms with Crippen LogP contribution in [0.15, 0.2) is 35.3 Å². The molecule has 2 aliphatic carbocycles. The van der Waals surface area contributed by atoms with Gasteiger partial charge in [-0.1, -0.05) is 45.2 Å². The SMILES string of the molecule is CC(C)C(=O)C(C1CCCCC1)n1ccc2c(C3CCCN(C(=O)CNC4CC4)C3)cccc2c1=O. The van der Waals surface area contributed by atoms with Gasteiger partial charge in [0.1, 0.15) is 0 Å². The molecule has 1 aliphatic heterocycles. The van der Waals surface area contributed by atoms with E-state index in [9.17, 15) is 14.4 Å². The number of likely N-dealkylation sites (tertiary alicyclic amines) is 1. The van der Waals surface area contributed by atoms with Crippen LogP contribution in [0.25, 0.3) is 10.8 Å². The number of piperidine rings is 1. The summed E-state index contributed by atoms with van der Waals surface area (Å²) in [4.78, 5) is 42.0. The fraction of sp³-hybridized carbons (Fsp3) is 0.633. The Labute approximate surface area is 214 Å². The number of nitrogens with zero attached hydrogens (tertiary/aromatic N) is 2. The first-order valence-corrected chi connectivity index (χ1v) is 14.1. The van der Waals surface area contributed by atoms with Gasteiger partial charge in [-0.05, 0) is 67.5 Å². The number of hydrogen-bond donors (Lipinski definition) is 1. The van der Waals surface area contributed by atoms with Gasteiger partial charge in [-0.15, -0.1) is 0 Å². The van der Waals surface area contributed by atoms with Crippen LogP contribution in [0.2, 0.25) is 0 Å². The van der Waals surface area contributed by atoms with Crippen LogP contribution < -0.4 is 10.9 Å². The van der Waals surface area contributed by atoms with Crippen molar-refractivity contribution < 1.29 is 9.59 Å². The Kier molecular flexibility index (Phi) is 7.61. The zero-order valence-electron chi connectivity index (χ0n) is 21.9. The third-order valence-corrected chi connectivity index (χ3v) is 8.60. The molecule has 5 rings (SSSR count). The Morgan fingerprint density at radius 3 is 2.47 bits per heavy atom. The summed E-state index contributed by atoms with van der Waals surface area (Å²) >= 11 is 0. The highest BCUT2D eigenvalue weighted by molar-refractivity contribution is 5.88. The Bertz CT molecular complexity index is 1160. The number of ketones is 1. The van der Waals surface area contributed by atoms with E-state index in [0.29, 0.717) is 24.5 Å². The summed E-state index contributed by atoms with van der Waals surface area (Å²) in [5, 5.41) is 5.00. The number of rotatable bonds is 8. The van der Waals surface area contributed by atoms with Gasteiger partial charge in [-0.3, -0.25) is 14.4 Å². The molecule has 1 aromatic heterocycles. The maximum atomic E-state index is 13.8.